The molecule has 1 atom stereocenters. The van der Waals surface area contributed by atoms with Crippen molar-refractivity contribution in [3.05, 3.63) is 0 Å². The van der Waals surface area contributed by atoms with Gasteiger partial charge in [0.1, 0.15) is 0 Å². The Kier molecular flexibility index (Phi) is 5.05. The summed E-state index contributed by atoms with van der Waals surface area (Å²) in [5, 5.41) is 3.08. The maximum absolute atomic E-state index is 11.7. The van der Waals surface area contributed by atoms with Crippen molar-refractivity contribution < 1.29 is 9.53 Å². The number of carbonyl (C=O) groups is 1. The first kappa shape index (κ1) is 12.5. The van der Waals surface area contributed by atoms with Gasteiger partial charge < -0.3 is 15.0 Å². The first-order chi connectivity index (χ1) is 7.16. The monoisotopic (exact) mass is 214 g/mol. The van der Waals surface area contributed by atoms with E-state index in [-0.39, 0.29) is 11.9 Å². The Morgan fingerprint density at radius 2 is 2.27 bits per heavy atom. The second-order valence-corrected chi connectivity index (χ2v) is 4.23. The van der Waals surface area contributed by atoms with Crippen molar-refractivity contribution in [3.63, 3.8) is 0 Å². The van der Waals surface area contributed by atoms with Crippen molar-refractivity contribution in [2.45, 2.75) is 26.8 Å². The molecule has 4 heteroatoms. The van der Waals surface area contributed by atoms with Gasteiger partial charge in [0.15, 0.2) is 0 Å². The highest BCUT2D eigenvalue weighted by Crippen LogP contribution is 2.12. The topological polar surface area (TPSA) is 41.6 Å². The molecule has 1 rings (SSSR count). The number of ether oxygens (including phenoxy) is 1. The van der Waals surface area contributed by atoms with E-state index in [0.717, 1.165) is 13.1 Å². The van der Waals surface area contributed by atoms with Gasteiger partial charge in [0.25, 0.3) is 0 Å². The molecule has 0 aromatic heterocycles. The van der Waals surface area contributed by atoms with Crippen molar-refractivity contribution in [1.82, 2.24) is 10.2 Å². The molecule has 1 aliphatic heterocycles. The third kappa shape index (κ3) is 3.47. The van der Waals surface area contributed by atoms with Crippen LogP contribution in [0, 0.1) is 5.92 Å². The fourth-order valence-corrected chi connectivity index (χ4v) is 1.85. The smallest absolute Gasteiger partial charge is 0.236 e. The summed E-state index contributed by atoms with van der Waals surface area (Å²) in [6.45, 7) is 9.78. The Labute approximate surface area is 92.0 Å². The highest BCUT2D eigenvalue weighted by molar-refractivity contribution is 5.79. The summed E-state index contributed by atoms with van der Waals surface area (Å²) in [5.41, 5.74) is 0. The van der Waals surface area contributed by atoms with Crippen LogP contribution in [0.1, 0.15) is 20.8 Å². The Hall–Kier alpha value is -0.610. The van der Waals surface area contributed by atoms with Crippen molar-refractivity contribution in [3.8, 4) is 0 Å². The quantitative estimate of drug-likeness (QED) is 0.724. The fourth-order valence-electron chi connectivity index (χ4n) is 1.85. The van der Waals surface area contributed by atoms with Crippen LogP contribution in [0.2, 0.25) is 0 Å². The van der Waals surface area contributed by atoms with Gasteiger partial charge in [-0.25, -0.2) is 0 Å². The average molecular weight is 214 g/mol. The summed E-state index contributed by atoms with van der Waals surface area (Å²) in [5.74, 6) is 0.637. The van der Waals surface area contributed by atoms with Gasteiger partial charge in [-0.2, -0.15) is 0 Å². The lowest BCUT2D eigenvalue weighted by Gasteiger charge is -2.37. The highest BCUT2D eigenvalue weighted by atomic mass is 16.5. The second kappa shape index (κ2) is 6.08. The summed E-state index contributed by atoms with van der Waals surface area (Å²) in [6.07, 6.45) is 0. The van der Waals surface area contributed by atoms with Crippen LogP contribution in [-0.4, -0.2) is 49.7 Å². The highest BCUT2D eigenvalue weighted by Gasteiger charge is 2.27. The number of rotatable bonds is 5. The van der Waals surface area contributed by atoms with Gasteiger partial charge in [-0.3, -0.25) is 4.79 Å². The van der Waals surface area contributed by atoms with Gasteiger partial charge in [0.2, 0.25) is 5.91 Å². The van der Waals surface area contributed by atoms with Crippen LogP contribution >= 0.6 is 0 Å². The molecular formula is C11H22N2O2. The van der Waals surface area contributed by atoms with Gasteiger partial charge >= 0.3 is 0 Å². The standard InChI is InChI=1S/C11H22N2O2/c1-4-15-8-10(9(2)3)13-6-5-12-7-11(13)14/h9-10,12H,4-8H2,1-3H3. The Bertz CT molecular complexity index is 207. The summed E-state index contributed by atoms with van der Waals surface area (Å²) in [6, 6.07) is 0.222. The van der Waals surface area contributed by atoms with Crippen molar-refractivity contribution in [2.24, 2.45) is 5.92 Å². The number of amides is 1. The van der Waals surface area contributed by atoms with E-state index in [1.54, 1.807) is 0 Å². The van der Waals surface area contributed by atoms with E-state index in [1.165, 1.54) is 0 Å². The van der Waals surface area contributed by atoms with Crippen molar-refractivity contribution in [2.75, 3.05) is 32.8 Å². The summed E-state index contributed by atoms with van der Waals surface area (Å²) < 4.78 is 5.44. The second-order valence-electron chi connectivity index (χ2n) is 4.23. The average Bonchev–Trinajstić information content (AvgIpc) is 2.20. The molecule has 0 aromatic carbocycles. The minimum absolute atomic E-state index is 0.194. The van der Waals surface area contributed by atoms with E-state index >= 15 is 0 Å². The minimum Gasteiger partial charge on any atom is -0.380 e. The number of nitrogens with zero attached hydrogens (tertiary/aromatic N) is 1. The summed E-state index contributed by atoms with van der Waals surface area (Å²) >= 11 is 0. The number of hydrogen-bond donors (Lipinski definition) is 1. The molecule has 1 heterocycles. The Morgan fingerprint density at radius 1 is 1.53 bits per heavy atom. The van der Waals surface area contributed by atoms with Crippen LogP contribution in [0.4, 0.5) is 0 Å². The zero-order chi connectivity index (χ0) is 11.3. The molecule has 1 N–H and O–H groups in total. The predicted molar refractivity (Wildman–Crippen MR) is 59.7 cm³/mol. The van der Waals surface area contributed by atoms with E-state index in [0.29, 0.717) is 25.7 Å². The molecule has 1 unspecified atom stereocenters. The van der Waals surface area contributed by atoms with Crippen molar-refractivity contribution in [1.29, 1.82) is 0 Å². The predicted octanol–water partition coefficient (Wildman–Crippen LogP) is 0.479. The number of carbonyl (C=O) groups excluding carboxylic acids is 1. The molecule has 15 heavy (non-hydrogen) atoms. The first-order valence-electron chi connectivity index (χ1n) is 5.74. The molecule has 1 aliphatic rings. The van der Waals surface area contributed by atoms with Gasteiger partial charge in [0, 0.05) is 19.7 Å². The van der Waals surface area contributed by atoms with E-state index in [4.69, 9.17) is 4.74 Å². The Balaban J connectivity index is 2.56. The molecule has 0 aromatic rings. The first-order valence-corrected chi connectivity index (χ1v) is 5.74. The zero-order valence-corrected chi connectivity index (χ0v) is 9.95. The van der Waals surface area contributed by atoms with Crippen LogP contribution in [0.15, 0.2) is 0 Å². The molecule has 0 aliphatic carbocycles. The van der Waals surface area contributed by atoms with Crippen molar-refractivity contribution >= 4 is 5.91 Å². The summed E-state index contributed by atoms with van der Waals surface area (Å²) in [7, 11) is 0. The fraction of sp³-hybridized carbons (Fsp3) is 0.909. The third-order valence-corrected chi connectivity index (χ3v) is 2.79. The Morgan fingerprint density at radius 3 is 2.80 bits per heavy atom. The van der Waals surface area contributed by atoms with E-state index in [2.05, 4.69) is 19.2 Å². The molecule has 0 saturated carbocycles. The lowest BCUT2D eigenvalue weighted by atomic mass is 10.0. The van der Waals surface area contributed by atoms with Gasteiger partial charge in [-0.15, -0.1) is 0 Å². The zero-order valence-electron chi connectivity index (χ0n) is 9.95. The normalized spacial score (nSPS) is 19.7. The lowest BCUT2D eigenvalue weighted by molar-refractivity contribution is -0.137. The molecule has 4 nitrogen and oxygen atoms in total. The molecular weight excluding hydrogens is 192 g/mol. The third-order valence-electron chi connectivity index (χ3n) is 2.79. The molecule has 1 amide bonds. The molecule has 0 spiro atoms. The summed E-state index contributed by atoms with van der Waals surface area (Å²) in [4.78, 5) is 13.7. The molecule has 1 saturated heterocycles. The number of hydrogen-bond acceptors (Lipinski definition) is 3. The minimum atomic E-state index is 0.194. The van der Waals surface area contributed by atoms with Gasteiger partial charge in [-0.1, -0.05) is 13.8 Å². The van der Waals surface area contributed by atoms with Crippen LogP contribution < -0.4 is 5.32 Å². The van der Waals surface area contributed by atoms with E-state index in [1.807, 2.05) is 11.8 Å². The maximum atomic E-state index is 11.7. The largest absolute Gasteiger partial charge is 0.380 e. The van der Waals surface area contributed by atoms with Crippen LogP contribution in [0.3, 0.4) is 0 Å². The van der Waals surface area contributed by atoms with Gasteiger partial charge in [-0.05, 0) is 12.8 Å². The maximum Gasteiger partial charge on any atom is 0.236 e. The molecule has 1 fully saturated rings. The lowest BCUT2D eigenvalue weighted by Crippen LogP contribution is -2.55. The molecule has 0 radical (unpaired) electrons. The van der Waals surface area contributed by atoms with Crippen LogP contribution in [-0.2, 0) is 9.53 Å². The van der Waals surface area contributed by atoms with E-state index in [9.17, 15) is 4.79 Å². The molecule has 0 bridgehead atoms. The van der Waals surface area contributed by atoms with Crippen LogP contribution in [0.5, 0.6) is 0 Å². The number of nitrogens with one attached hydrogen (secondary N) is 1. The molecule has 88 valence electrons. The number of piperazine rings is 1. The van der Waals surface area contributed by atoms with Gasteiger partial charge in [0.05, 0.1) is 19.2 Å². The SMILES string of the molecule is CCOCC(C(C)C)N1CCNCC1=O. The van der Waals surface area contributed by atoms with E-state index < -0.39 is 0 Å². The van der Waals surface area contributed by atoms with Crippen LogP contribution in [0.25, 0.3) is 0 Å².